The summed E-state index contributed by atoms with van der Waals surface area (Å²) in [4.78, 5) is 4.45. The van der Waals surface area contributed by atoms with Crippen molar-refractivity contribution < 1.29 is 0 Å². The van der Waals surface area contributed by atoms with E-state index in [4.69, 9.17) is 0 Å². The Hall–Kier alpha value is -0.890. The molecule has 0 fully saturated rings. The van der Waals surface area contributed by atoms with Crippen LogP contribution in [0.25, 0.3) is 10.9 Å². The number of hydrogen-bond acceptors (Lipinski definition) is 1. The van der Waals surface area contributed by atoms with E-state index in [0.717, 1.165) is 10.1 Å². The molecule has 66 valence electrons. The van der Waals surface area contributed by atoms with Gasteiger partial charge in [0.15, 0.2) is 0 Å². The summed E-state index contributed by atoms with van der Waals surface area (Å²) >= 11 is 3.41. The molecule has 1 aromatic carbocycles. The van der Waals surface area contributed by atoms with E-state index in [2.05, 4.69) is 53.0 Å². The minimum atomic E-state index is 0.909. The van der Waals surface area contributed by atoms with Crippen molar-refractivity contribution in [2.45, 2.75) is 13.8 Å². The topological polar surface area (TPSA) is 12.9 Å². The lowest BCUT2D eigenvalue weighted by Crippen LogP contribution is -1.87. The van der Waals surface area contributed by atoms with E-state index in [-0.39, 0.29) is 0 Å². The van der Waals surface area contributed by atoms with Crippen molar-refractivity contribution in [3.05, 3.63) is 40.0 Å². The van der Waals surface area contributed by atoms with Crippen molar-refractivity contribution in [3.63, 3.8) is 0 Å². The molecule has 0 atom stereocenters. The zero-order chi connectivity index (χ0) is 9.42. The maximum Gasteiger partial charge on any atom is 0.107 e. The van der Waals surface area contributed by atoms with Gasteiger partial charge in [-0.3, -0.25) is 0 Å². The number of nitrogens with zero attached hydrogens (tertiary/aromatic N) is 1. The number of pyridine rings is 1. The Morgan fingerprint density at radius 2 is 1.92 bits per heavy atom. The fraction of sp³-hybridized carbons (Fsp3) is 0.182. The van der Waals surface area contributed by atoms with Crippen LogP contribution in [0.4, 0.5) is 0 Å². The van der Waals surface area contributed by atoms with Gasteiger partial charge in [-0.1, -0.05) is 18.2 Å². The lowest BCUT2D eigenvalue weighted by atomic mass is 10.1. The number of fused-ring (bicyclic) bond motifs is 1. The van der Waals surface area contributed by atoms with Crippen LogP contribution in [0.15, 0.2) is 28.9 Å². The third kappa shape index (κ3) is 1.46. The highest BCUT2D eigenvalue weighted by molar-refractivity contribution is 9.10. The summed E-state index contributed by atoms with van der Waals surface area (Å²) in [5.41, 5.74) is 3.58. The van der Waals surface area contributed by atoms with E-state index < -0.39 is 0 Å². The van der Waals surface area contributed by atoms with Crippen LogP contribution in [0.5, 0.6) is 0 Å². The third-order valence-electron chi connectivity index (χ3n) is 2.22. The van der Waals surface area contributed by atoms with Crippen molar-refractivity contribution >= 4 is 26.8 Å². The van der Waals surface area contributed by atoms with Gasteiger partial charge in [0.2, 0.25) is 0 Å². The molecule has 1 nitrogen and oxygen atoms in total. The highest BCUT2D eigenvalue weighted by Gasteiger charge is 2.02. The Morgan fingerprint density at radius 1 is 1.15 bits per heavy atom. The van der Waals surface area contributed by atoms with Gasteiger partial charge in [-0.15, -0.1) is 0 Å². The Bertz CT molecular complexity index is 463. The Kier molecular flexibility index (Phi) is 2.08. The molecule has 0 aliphatic rings. The molecule has 0 amide bonds. The smallest absolute Gasteiger partial charge is 0.107 e. The summed E-state index contributed by atoms with van der Waals surface area (Å²) in [6, 6.07) is 8.31. The van der Waals surface area contributed by atoms with Crippen LogP contribution in [-0.4, -0.2) is 4.98 Å². The molecule has 0 N–H and O–H groups in total. The Labute approximate surface area is 85.9 Å². The molecule has 13 heavy (non-hydrogen) atoms. The van der Waals surface area contributed by atoms with Crippen LogP contribution in [-0.2, 0) is 0 Å². The lowest BCUT2D eigenvalue weighted by molar-refractivity contribution is 1.29. The largest absolute Gasteiger partial charge is 0.241 e. The molecule has 0 bridgehead atoms. The van der Waals surface area contributed by atoms with Crippen LogP contribution in [0.2, 0.25) is 0 Å². The summed E-state index contributed by atoms with van der Waals surface area (Å²) in [5.74, 6) is 0. The molecule has 1 heterocycles. The third-order valence-corrected chi connectivity index (χ3v) is 2.62. The van der Waals surface area contributed by atoms with Crippen molar-refractivity contribution in [2.75, 3.05) is 0 Å². The molecular weight excluding hydrogens is 226 g/mol. The van der Waals surface area contributed by atoms with Gasteiger partial charge in [0.05, 0.1) is 5.52 Å². The summed E-state index contributed by atoms with van der Waals surface area (Å²) in [6.45, 7) is 4.19. The molecule has 1 aromatic heterocycles. The van der Waals surface area contributed by atoms with Gasteiger partial charge < -0.3 is 0 Å². The molecule has 2 aromatic rings. The maximum atomic E-state index is 4.45. The highest BCUT2D eigenvalue weighted by atomic mass is 79.9. The summed E-state index contributed by atoms with van der Waals surface area (Å²) < 4.78 is 0.909. The fourth-order valence-electron chi connectivity index (χ4n) is 1.52. The quantitative estimate of drug-likeness (QED) is 0.636. The number of para-hydroxylation sites is 1. The minimum absolute atomic E-state index is 0.909. The van der Waals surface area contributed by atoms with Crippen LogP contribution in [0.1, 0.15) is 11.1 Å². The van der Waals surface area contributed by atoms with Gasteiger partial charge in [-0.05, 0) is 47.0 Å². The number of benzene rings is 1. The molecule has 0 spiro atoms. The van der Waals surface area contributed by atoms with E-state index in [0.29, 0.717) is 0 Å². The van der Waals surface area contributed by atoms with Crippen molar-refractivity contribution in [1.29, 1.82) is 0 Å². The zero-order valence-electron chi connectivity index (χ0n) is 7.63. The van der Waals surface area contributed by atoms with E-state index in [1.165, 1.54) is 16.5 Å². The van der Waals surface area contributed by atoms with Crippen molar-refractivity contribution in [3.8, 4) is 0 Å². The maximum absolute atomic E-state index is 4.45. The predicted molar refractivity (Wildman–Crippen MR) is 58.9 cm³/mol. The van der Waals surface area contributed by atoms with Gasteiger partial charge in [-0.25, -0.2) is 4.98 Å². The number of hydrogen-bond donors (Lipinski definition) is 0. The molecule has 2 rings (SSSR count). The lowest BCUT2D eigenvalue weighted by Gasteiger charge is -2.04. The van der Waals surface area contributed by atoms with Crippen LogP contribution < -0.4 is 0 Å². The first-order valence-corrected chi connectivity index (χ1v) is 5.00. The Balaban J connectivity index is 2.94. The molecule has 0 aliphatic heterocycles. The molecular formula is C11H10BrN. The number of aromatic nitrogens is 1. The van der Waals surface area contributed by atoms with Crippen LogP contribution in [0, 0.1) is 13.8 Å². The fourth-order valence-corrected chi connectivity index (χ4v) is 2.04. The van der Waals surface area contributed by atoms with E-state index in [9.17, 15) is 0 Å². The van der Waals surface area contributed by atoms with Gasteiger partial charge >= 0.3 is 0 Å². The molecule has 2 heteroatoms. The highest BCUT2D eigenvalue weighted by Crippen LogP contribution is 2.22. The van der Waals surface area contributed by atoms with E-state index >= 15 is 0 Å². The number of halogens is 1. The second-order valence-electron chi connectivity index (χ2n) is 3.23. The number of rotatable bonds is 0. The van der Waals surface area contributed by atoms with E-state index in [1.807, 2.05) is 6.07 Å². The summed E-state index contributed by atoms with van der Waals surface area (Å²) in [6.07, 6.45) is 0. The van der Waals surface area contributed by atoms with E-state index in [1.54, 1.807) is 0 Å². The number of aryl methyl sites for hydroxylation is 2. The Morgan fingerprint density at radius 3 is 2.69 bits per heavy atom. The van der Waals surface area contributed by atoms with Crippen LogP contribution in [0.3, 0.4) is 0 Å². The monoisotopic (exact) mass is 235 g/mol. The molecule has 0 saturated heterocycles. The average molecular weight is 236 g/mol. The molecule has 0 radical (unpaired) electrons. The normalized spacial score (nSPS) is 10.7. The minimum Gasteiger partial charge on any atom is -0.241 e. The first kappa shape index (κ1) is 8.70. The molecule has 0 unspecified atom stereocenters. The zero-order valence-corrected chi connectivity index (χ0v) is 9.22. The first-order chi connectivity index (χ1) is 6.18. The second-order valence-corrected chi connectivity index (χ2v) is 4.05. The predicted octanol–water partition coefficient (Wildman–Crippen LogP) is 3.61. The van der Waals surface area contributed by atoms with Crippen LogP contribution >= 0.6 is 15.9 Å². The van der Waals surface area contributed by atoms with Gasteiger partial charge in [-0.2, -0.15) is 0 Å². The molecule has 0 aliphatic carbocycles. The SMILES string of the molecule is Cc1cc(Br)nc2c(C)cccc12. The van der Waals surface area contributed by atoms with Crippen molar-refractivity contribution in [2.24, 2.45) is 0 Å². The molecule has 0 saturated carbocycles. The van der Waals surface area contributed by atoms with Crippen molar-refractivity contribution in [1.82, 2.24) is 4.98 Å². The summed E-state index contributed by atoms with van der Waals surface area (Å²) in [7, 11) is 0. The second kappa shape index (κ2) is 3.11. The van der Waals surface area contributed by atoms with Gasteiger partial charge in [0.25, 0.3) is 0 Å². The first-order valence-electron chi connectivity index (χ1n) is 4.21. The van der Waals surface area contributed by atoms with Gasteiger partial charge in [0, 0.05) is 5.39 Å². The standard InChI is InChI=1S/C11H10BrN/c1-7-4-3-5-9-8(2)6-10(12)13-11(7)9/h3-6H,1-2H3. The van der Waals surface area contributed by atoms with Gasteiger partial charge in [0.1, 0.15) is 4.60 Å². The average Bonchev–Trinajstić information content (AvgIpc) is 2.07. The summed E-state index contributed by atoms with van der Waals surface area (Å²) in [5, 5.41) is 1.24.